The van der Waals surface area contributed by atoms with E-state index in [0.717, 1.165) is 37.2 Å². The van der Waals surface area contributed by atoms with Gasteiger partial charge in [0.25, 0.3) is 5.91 Å². The minimum Gasteiger partial charge on any atom is -0.483 e. The number of rotatable bonds is 4. The van der Waals surface area contributed by atoms with Crippen LogP contribution in [0, 0.1) is 0 Å². The number of piperidine rings is 1. The van der Waals surface area contributed by atoms with Crippen LogP contribution in [-0.2, 0) is 10.2 Å². The topological polar surface area (TPSA) is 41.6 Å². The Morgan fingerprint density at radius 2 is 1.91 bits per heavy atom. The third kappa shape index (κ3) is 4.73. The monoisotopic (exact) mass is 304 g/mol. The zero-order chi connectivity index (χ0) is 16.2. The Kier molecular flexibility index (Phi) is 5.46. The van der Waals surface area contributed by atoms with Gasteiger partial charge in [0, 0.05) is 6.04 Å². The maximum absolute atomic E-state index is 12.1. The van der Waals surface area contributed by atoms with E-state index < -0.39 is 0 Å². The smallest absolute Gasteiger partial charge is 0.258 e. The predicted molar refractivity (Wildman–Crippen MR) is 89.3 cm³/mol. The highest BCUT2D eigenvalue weighted by molar-refractivity contribution is 5.77. The van der Waals surface area contributed by atoms with Gasteiger partial charge >= 0.3 is 0 Å². The van der Waals surface area contributed by atoms with Crippen molar-refractivity contribution in [2.24, 2.45) is 0 Å². The Bertz CT molecular complexity index is 500. The largest absolute Gasteiger partial charge is 0.483 e. The van der Waals surface area contributed by atoms with Crippen molar-refractivity contribution in [3.05, 3.63) is 29.8 Å². The summed E-state index contributed by atoms with van der Waals surface area (Å²) in [5.74, 6) is 0.770. The van der Waals surface area contributed by atoms with Gasteiger partial charge in [-0.3, -0.25) is 4.79 Å². The predicted octanol–water partition coefficient (Wildman–Crippen LogP) is 2.57. The van der Waals surface area contributed by atoms with E-state index in [-0.39, 0.29) is 24.0 Å². The second-order valence-corrected chi connectivity index (χ2v) is 7.18. The molecule has 2 rings (SSSR count). The van der Waals surface area contributed by atoms with Crippen molar-refractivity contribution >= 4 is 5.91 Å². The number of amides is 1. The van der Waals surface area contributed by atoms with Crippen LogP contribution in [0.25, 0.3) is 0 Å². The Hall–Kier alpha value is -1.55. The highest BCUT2D eigenvalue weighted by Crippen LogP contribution is 2.30. The fourth-order valence-electron chi connectivity index (χ4n) is 2.78. The molecule has 1 aliphatic rings. The van der Waals surface area contributed by atoms with E-state index in [1.54, 1.807) is 0 Å². The summed E-state index contributed by atoms with van der Waals surface area (Å²) in [6.45, 7) is 8.60. The van der Waals surface area contributed by atoms with Crippen LogP contribution in [0.15, 0.2) is 24.3 Å². The molecule has 4 nitrogen and oxygen atoms in total. The van der Waals surface area contributed by atoms with E-state index >= 15 is 0 Å². The lowest BCUT2D eigenvalue weighted by Crippen LogP contribution is -2.44. The average molecular weight is 304 g/mol. The van der Waals surface area contributed by atoms with Gasteiger partial charge in [0.1, 0.15) is 5.75 Å². The summed E-state index contributed by atoms with van der Waals surface area (Å²) >= 11 is 0. The maximum atomic E-state index is 12.1. The quantitative estimate of drug-likeness (QED) is 0.929. The summed E-state index contributed by atoms with van der Waals surface area (Å²) in [6, 6.07) is 8.23. The fourth-order valence-corrected chi connectivity index (χ4v) is 2.78. The molecule has 1 saturated heterocycles. The number of hydrogen-bond donors (Lipinski definition) is 1. The van der Waals surface area contributed by atoms with Gasteiger partial charge in [0.2, 0.25) is 0 Å². The lowest BCUT2D eigenvalue weighted by atomic mass is 9.86. The van der Waals surface area contributed by atoms with E-state index in [1.807, 2.05) is 18.2 Å². The van der Waals surface area contributed by atoms with Crippen LogP contribution >= 0.6 is 0 Å². The molecule has 1 fully saturated rings. The molecular weight excluding hydrogens is 276 g/mol. The van der Waals surface area contributed by atoms with Crippen molar-refractivity contribution in [1.29, 1.82) is 0 Å². The zero-order valence-corrected chi connectivity index (χ0v) is 14.2. The minimum absolute atomic E-state index is 0.00102. The number of carbonyl (C=O) groups excluding carboxylic acids is 1. The summed E-state index contributed by atoms with van der Waals surface area (Å²) in [4.78, 5) is 14.4. The molecule has 0 saturated carbocycles. The Balaban J connectivity index is 1.87. The number of benzene rings is 1. The SMILES string of the molecule is CN1CCC(NC(=O)COc2ccccc2C(C)(C)C)CC1. The Morgan fingerprint density at radius 1 is 1.27 bits per heavy atom. The van der Waals surface area contributed by atoms with Crippen LogP contribution in [0.4, 0.5) is 0 Å². The van der Waals surface area contributed by atoms with Gasteiger partial charge in [-0.1, -0.05) is 39.0 Å². The van der Waals surface area contributed by atoms with Crippen LogP contribution < -0.4 is 10.1 Å². The summed E-state index contributed by atoms with van der Waals surface area (Å²) in [7, 11) is 2.12. The first-order chi connectivity index (χ1) is 10.4. The van der Waals surface area contributed by atoms with Crippen molar-refractivity contribution in [3.8, 4) is 5.75 Å². The van der Waals surface area contributed by atoms with Gasteiger partial charge in [-0.05, 0) is 50.0 Å². The molecule has 1 aliphatic heterocycles. The number of para-hydroxylation sites is 1. The number of hydrogen-bond acceptors (Lipinski definition) is 3. The molecule has 1 N–H and O–H groups in total. The molecule has 0 atom stereocenters. The van der Waals surface area contributed by atoms with E-state index in [1.165, 1.54) is 0 Å². The van der Waals surface area contributed by atoms with Gasteiger partial charge in [0.05, 0.1) is 0 Å². The number of nitrogens with zero attached hydrogens (tertiary/aromatic N) is 1. The number of carbonyl (C=O) groups is 1. The second kappa shape index (κ2) is 7.14. The molecule has 122 valence electrons. The molecule has 0 aromatic heterocycles. The third-order valence-electron chi connectivity index (χ3n) is 4.14. The number of ether oxygens (including phenoxy) is 1. The molecule has 0 spiro atoms. The first-order valence-electron chi connectivity index (χ1n) is 8.06. The summed E-state index contributed by atoms with van der Waals surface area (Å²) < 4.78 is 5.77. The van der Waals surface area contributed by atoms with Crippen LogP contribution in [0.2, 0.25) is 0 Å². The lowest BCUT2D eigenvalue weighted by Gasteiger charge is -2.29. The van der Waals surface area contributed by atoms with Crippen molar-refractivity contribution in [2.45, 2.75) is 45.1 Å². The zero-order valence-electron chi connectivity index (χ0n) is 14.2. The van der Waals surface area contributed by atoms with E-state index in [9.17, 15) is 4.79 Å². The van der Waals surface area contributed by atoms with Crippen LogP contribution in [0.5, 0.6) is 5.75 Å². The van der Waals surface area contributed by atoms with E-state index in [4.69, 9.17) is 4.74 Å². The molecule has 0 aliphatic carbocycles. The van der Waals surface area contributed by atoms with Gasteiger partial charge in [-0.2, -0.15) is 0 Å². The first kappa shape index (κ1) is 16.8. The van der Waals surface area contributed by atoms with E-state index in [0.29, 0.717) is 0 Å². The maximum Gasteiger partial charge on any atom is 0.258 e. The Morgan fingerprint density at radius 3 is 2.55 bits per heavy atom. The molecule has 0 bridgehead atoms. The van der Waals surface area contributed by atoms with E-state index in [2.05, 4.69) is 44.1 Å². The molecule has 4 heteroatoms. The first-order valence-corrected chi connectivity index (χ1v) is 8.06. The number of nitrogens with one attached hydrogen (secondary N) is 1. The van der Waals surface area contributed by atoms with Gasteiger partial charge in [-0.25, -0.2) is 0 Å². The lowest BCUT2D eigenvalue weighted by molar-refractivity contribution is -0.124. The van der Waals surface area contributed by atoms with Gasteiger partial charge in [-0.15, -0.1) is 0 Å². The Labute approximate surface area is 133 Å². The summed E-state index contributed by atoms with van der Waals surface area (Å²) in [5.41, 5.74) is 1.13. The van der Waals surface area contributed by atoms with Crippen LogP contribution in [0.3, 0.4) is 0 Å². The molecule has 1 aromatic rings. The average Bonchev–Trinajstić information content (AvgIpc) is 2.47. The molecule has 1 amide bonds. The summed E-state index contributed by atoms with van der Waals surface area (Å²) in [5, 5.41) is 3.08. The fraction of sp³-hybridized carbons (Fsp3) is 0.611. The van der Waals surface area contributed by atoms with Crippen molar-refractivity contribution < 1.29 is 9.53 Å². The standard InChI is InChI=1S/C18H28N2O2/c1-18(2,3)15-7-5-6-8-16(15)22-13-17(21)19-14-9-11-20(4)12-10-14/h5-8,14H,9-13H2,1-4H3,(H,19,21). The summed E-state index contributed by atoms with van der Waals surface area (Å²) in [6.07, 6.45) is 2.03. The van der Waals surface area contributed by atoms with Gasteiger partial charge < -0.3 is 15.0 Å². The van der Waals surface area contributed by atoms with Crippen molar-refractivity contribution in [1.82, 2.24) is 10.2 Å². The van der Waals surface area contributed by atoms with Crippen LogP contribution in [0.1, 0.15) is 39.2 Å². The van der Waals surface area contributed by atoms with Crippen molar-refractivity contribution in [3.63, 3.8) is 0 Å². The third-order valence-corrected chi connectivity index (χ3v) is 4.14. The molecule has 1 heterocycles. The molecular formula is C18H28N2O2. The van der Waals surface area contributed by atoms with Crippen molar-refractivity contribution in [2.75, 3.05) is 26.7 Å². The molecule has 0 unspecified atom stereocenters. The number of likely N-dealkylation sites (tertiary alicyclic amines) is 1. The minimum atomic E-state index is -0.0294. The molecule has 0 radical (unpaired) electrons. The van der Waals surface area contributed by atoms with Gasteiger partial charge in [0.15, 0.2) is 6.61 Å². The molecule has 1 aromatic carbocycles. The second-order valence-electron chi connectivity index (χ2n) is 7.18. The normalized spacial score (nSPS) is 17.3. The van der Waals surface area contributed by atoms with Crippen LogP contribution in [-0.4, -0.2) is 43.6 Å². The highest BCUT2D eigenvalue weighted by Gasteiger charge is 2.21. The highest BCUT2D eigenvalue weighted by atomic mass is 16.5. The molecule has 22 heavy (non-hydrogen) atoms.